The molecule has 3 rings (SSSR count). The van der Waals surface area contributed by atoms with E-state index in [4.69, 9.17) is 0 Å². The van der Waals surface area contributed by atoms with Crippen molar-refractivity contribution < 1.29 is 0 Å². The summed E-state index contributed by atoms with van der Waals surface area (Å²) in [6, 6.07) is 15.7. The summed E-state index contributed by atoms with van der Waals surface area (Å²) in [6.07, 6.45) is 2.10. The minimum absolute atomic E-state index is 0.382. The summed E-state index contributed by atoms with van der Waals surface area (Å²) < 4.78 is 1.27. The molecular formula is C21H27N3S2. The minimum atomic E-state index is 0.382. The molecule has 0 spiro atoms. The number of hydrogen-bond donors (Lipinski definition) is 1. The van der Waals surface area contributed by atoms with Gasteiger partial charge in [-0.05, 0) is 68.6 Å². The Morgan fingerprint density at radius 3 is 2.65 bits per heavy atom. The number of rotatable bonds is 8. The summed E-state index contributed by atoms with van der Waals surface area (Å²) in [5, 5.41) is 4.67. The van der Waals surface area contributed by atoms with Gasteiger partial charge in [0.05, 0.1) is 15.2 Å². The van der Waals surface area contributed by atoms with Gasteiger partial charge in [-0.15, -0.1) is 23.1 Å². The van der Waals surface area contributed by atoms with Crippen molar-refractivity contribution >= 4 is 39.0 Å². The number of nitrogens with zero attached hydrogens (tertiary/aromatic N) is 2. The molecule has 1 N–H and O–H groups in total. The predicted octanol–water partition coefficient (Wildman–Crippen LogP) is 5.82. The molecular weight excluding hydrogens is 358 g/mol. The van der Waals surface area contributed by atoms with Crippen LogP contribution in [0, 0.1) is 6.92 Å². The topological polar surface area (TPSA) is 28.2 Å². The first kappa shape index (κ1) is 19.2. The van der Waals surface area contributed by atoms with Crippen molar-refractivity contribution in [1.29, 1.82) is 0 Å². The van der Waals surface area contributed by atoms with E-state index in [1.54, 1.807) is 23.1 Å². The Morgan fingerprint density at radius 1 is 1.19 bits per heavy atom. The van der Waals surface area contributed by atoms with Crippen molar-refractivity contribution in [1.82, 2.24) is 9.88 Å². The van der Waals surface area contributed by atoms with Crippen LogP contribution in [0.5, 0.6) is 0 Å². The van der Waals surface area contributed by atoms with Gasteiger partial charge in [-0.3, -0.25) is 4.90 Å². The zero-order chi connectivity index (χ0) is 18.5. The van der Waals surface area contributed by atoms with Crippen LogP contribution in [0.4, 0.5) is 5.69 Å². The van der Waals surface area contributed by atoms with Crippen LogP contribution in [0.2, 0.25) is 0 Å². The number of anilines is 1. The Hall–Kier alpha value is -1.56. The second-order valence-electron chi connectivity index (χ2n) is 6.42. The number of thiazole rings is 1. The monoisotopic (exact) mass is 385 g/mol. The molecule has 0 bridgehead atoms. The van der Waals surface area contributed by atoms with E-state index in [-0.39, 0.29) is 0 Å². The van der Waals surface area contributed by atoms with E-state index in [0.29, 0.717) is 6.04 Å². The van der Waals surface area contributed by atoms with E-state index in [9.17, 15) is 0 Å². The largest absolute Gasteiger partial charge is 0.384 e. The molecule has 0 aliphatic rings. The molecule has 0 aliphatic carbocycles. The number of nitrogens with one attached hydrogen (secondary N) is 1. The van der Waals surface area contributed by atoms with Gasteiger partial charge in [0.2, 0.25) is 0 Å². The first-order valence-corrected chi connectivity index (χ1v) is 11.1. The summed E-state index contributed by atoms with van der Waals surface area (Å²) in [5.41, 5.74) is 3.65. The van der Waals surface area contributed by atoms with Crippen LogP contribution in [0.25, 0.3) is 10.2 Å². The summed E-state index contributed by atoms with van der Waals surface area (Å²) in [5.74, 6) is 0. The van der Waals surface area contributed by atoms with Crippen LogP contribution in [0.1, 0.15) is 30.5 Å². The fraction of sp³-hybridized carbons (Fsp3) is 0.381. The third-order valence-electron chi connectivity index (χ3n) is 4.77. The van der Waals surface area contributed by atoms with Crippen LogP contribution >= 0.6 is 23.1 Å². The zero-order valence-electron chi connectivity index (χ0n) is 16.0. The normalized spacial score (nSPS) is 12.7. The van der Waals surface area contributed by atoms with Gasteiger partial charge in [0.25, 0.3) is 0 Å². The second kappa shape index (κ2) is 8.89. The SMILES string of the molecule is CCN(CCNc1ccc(SC)cc1)C(C)c1ccc2sc(C)nc2c1. The van der Waals surface area contributed by atoms with Gasteiger partial charge >= 0.3 is 0 Å². The highest BCUT2D eigenvalue weighted by Gasteiger charge is 2.15. The number of fused-ring (bicyclic) bond motifs is 1. The third kappa shape index (κ3) is 4.58. The maximum Gasteiger partial charge on any atom is 0.0907 e. The number of aryl methyl sites for hydroxylation is 1. The van der Waals surface area contributed by atoms with E-state index in [1.165, 1.54) is 20.8 Å². The summed E-state index contributed by atoms with van der Waals surface area (Å²) in [7, 11) is 0. The lowest BCUT2D eigenvalue weighted by molar-refractivity contribution is 0.231. The average Bonchev–Trinajstić information content (AvgIpc) is 3.04. The summed E-state index contributed by atoms with van der Waals surface area (Å²) in [6.45, 7) is 9.57. The molecule has 0 radical (unpaired) electrons. The quantitative estimate of drug-likeness (QED) is 0.494. The van der Waals surface area contributed by atoms with E-state index in [2.05, 4.69) is 84.7 Å². The maximum atomic E-state index is 4.64. The first-order chi connectivity index (χ1) is 12.6. The van der Waals surface area contributed by atoms with Crippen molar-refractivity contribution in [2.24, 2.45) is 0 Å². The molecule has 0 saturated carbocycles. The fourth-order valence-corrected chi connectivity index (χ4v) is 4.42. The number of thioether (sulfide) groups is 1. The van der Waals surface area contributed by atoms with E-state index >= 15 is 0 Å². The Balaban J connectivity index is 1.60. The van der Waals surface area contributed by atoms with Crippen molar-refractivity contribution in [2.75, 3.05) is 31.2 Å². The van der Waals surface area contributed by atoms with Crippen molar-refractivity contribution in [3.8, 4) is 0 Å². The van der Waals surface area contributed by atoms with Crippen LogP contribution in [0.3, 0.4) is 0 Å². The smallest absolute Gasteiger partial charge is 0.0907 e. The molecule has 0 saturated heterocycles. The van der Waals surface area contributed by atoms with Gasteiger partial charge in [0, 0.05) is 29.7 Å². The molecule has 0 aliphatic heterocycles. The molecule has 2 aromatic carbocycles. The summed E-state index contributed by atoms with van der Waals surface area (Å²) >= 11 is 3.54. The number of aromatic nitrogens is 1. The Morgan fingerprint density at radius 2 is 1.96 bits per heavy atom. The molecule has 1 atom stereocenters. The standard InChI is InChI=1S/C21H27N3S2/c1-5-24(13-12-22-18-7-9-19(25-4)10-8-18)15(2)17-6-11-21-20(14-17)23-16(3)26-21/h6-11,14-15,22H,5,12-13H2,1-4H3. The summed E-state index contributed by atoms with van der Waals surface area (Å²) in [4.78, 5) is 8.45. The Kier molecular flexibility index (Phi) is 6.57. The number of likely N-dealkylation sites (N-methyl/N-ethyl adjacent to an activating group) is 1. The lowest BCUT2D eigenvalue weighted by Gasteiger charge is -2.28. The van der Waals surface area contributed by atoms with Crippen molar-refractivity contribution in [3.63, 3.8) is 0 Å². The Bertz CT molecular complexity index is 842. The van der Waals surface area contributed by atoms with Crippen LogP contribution in [-0.2, 0) is 0 Å². The van der Waals surface area contributed by atoms with E-state index in [1.807, 2.05) is 0 Å². The van der Waals surface area contributed by atoms with Gasteiger partial charge in [-0.1, -0.05) is 13.0 Å². The van der Waals surface area contributed by atoms with Gasteiger partial charge in [-0.2, -0.15) is 0 Å². The van der Waals surface area contributed by atoms with Crippen LogP contribution < -0.4 is 5.32 Å². The second-order valence-corrected chi connectivity index (χ2v) is 8.53. The van der Waals surface area contributed by atoms with Gasteiger partial charge < -0.3 is 5.32 Å². The first-order valence-electron chi connectivity index (χ1n) is 9.09. The average molecular weight is 386 g/mol. The predicted molar refractivity (Wildman–Crippen MR) is 117 cm³/mol. The molecule has 0 fully saturated rings. The molecule has 1 unspecified atom stereocenters. The van der Waals surface area contributed by atoms with E-state index in [0.717, 1.165) is 30.2 Å². The van der Waals surface area contributed by atoms with Crippen LogP contribution in [-0.4, -0.2) is 35.8 Å². The molecule has 5 heteroatoms. The third-order valence-corrected chi connectivity index (χ3v) is 6.47. The van der Waals surface area contributed by atoms with Crippen molar-refractivity contribution in [2.45, 2.75) is 31.7 Å². The lowest BCUT2D eigenvalue weighted by atomic mass is 10.1. The fourth-order valence-electron chi connectivity index (χ4n) is 3.21. The molecule has 138 valence electrons. The maximum absolute atomic E-state index is 4.64. The highest BCUT2D eigenvalue weighted by molar-refractivity contribution is 7.98. The lowest BCUT2D eigenvalue weighted by Crippen LogP contribution is -2.31. The molecule has 26 heavy (non-hydrogen) atoms. The molecule has 0 amide bonds. The zero-order valence-corrected chi connectivity index (χ0v) is 17.6. The molecule has 1 aromatic heterocycles. The molecule has 3 nitrogen and oxygen atoms in total. The van der Waals surface area contributed by atoms with E-state index < -0.39 is 0 Å². The van der Waals surface area contributed by atoms with Gasteiger partial charge in [0.1, 0.15) is 0 Å². The molecule has 3 aromatic rings. The van der Waals surface area contributed by atoms with Gasteiger partial charge in [-0.25, -0.2) is 4.98 Å². The number of hydrogen-bond acceptors (Lipinski definition) is 5. The van der Waals surface area contributed by atoms with Crippen LogP contribution in [0.15, 0.2) is 47.4 Å². The Labute approximate surface area is 164 Å². The van der Waals surface area contributed by atoms with Gasteiger partial charge in [0.15, 0.2) is 0 Å². The number of benzene rings is 2. The van der Waals surface area contributed by atoms with Crippen molar-refractivity contribution in [3.05, 3.63) is 53.0 Å². The highest BCUT2D eigenvalue weighted by atomic mass is 32.2. The molecule has 1 heterocycles. The highest BCUT2D eigenvalue weighted by Crippen LogP contribution is 2.27. The minimum Gasteiger partial charge on any atom is -0.384 e.